The highest BCUT2D eigenvalue weighted by Gasteiger charge is 2.32. The van der Waals surface area contributed by atoms with Crippen molar-refractivity contribution in [3.8, 4) is 5.75 Å². The third kappa shape index (κ3) is 3.41. The summed E-state index contributed by atoms with van der Waals surface area (Å²) < 4.78 is 5.70. The lowest BCUT2D eigenvalue weighted by atomic mass is 9.91. The molecular formula is C17H19NO3. The highest BCUT2D eigenvalue weighted by atomic mass is 16.5. The van der Waals surface area contributed by atoms with Crippen LogP contribution in [-0.2, 0) is 17.0 Å². The van der Waals surface area contributed by atoms with Gasteiger partial charge >= 0.3 is 0 Å². The van der Waals surface area contributed by atoms with Gasteiger partial charge in [-0.2, -0.15) is 0 Å². The van der Waals surface area contributed by atoms with Gasteiger partial charge in [-0.25, -0.2) is 0 Å². The lowest BCUT2D eigenvalue weighted by Crippen LogP contribution is -2.39. The molecule has 0 heterocycles. The highest BCUT2D eigenvalue weighted by molar-refractivity contribution is 5.84. The topological polar surface area (TPSA) is 72.6 Å². The zero-order valence-electron chi connectivity index (χ0n) is 12.2. The number of aliphatic hydroxyl groups is 1. The van der Waals surface area contributed by atoms with Gasteiger partial charge in [-0.15, -0.1) is 0 Å². The minimum atomic E-state index is -1.72. The minimum absolute atomic E-state index is 0.253. The highest BCUT2D eigenvalue weighted by Crippen LogP contribution is 2.25. The van der Waals surface area contributed by atoms with Crippen LogP contribution in [0.25, 0.3) is 0 Å². The molecule has 0 aliphatic heterocycles. The number of benzene rings is 2. The first kappa shape index (κ1) is 15.1. The predicted molar refractivity (Wildman–Crippen MR) is 80.7 cm³/mol. The third-order valence-corrected chi connectivity index (χ3v) is 3.44. The van der Waals surface area contributed by atoms with Crippen molar-refractivity contribution in [3.05, 3.63) is 65.2 Å². The molecule has 0 aromatic heterocycles. The molecule has 0 radical (unpaired) electrons. The number of carbonyl (C=O) groups excluding carboxylic acids is 1. The summed E-state index contributed by atoms with van der Waals surface area (Å²) in [6.45, 7) is 3.64. The van der Waals surface area contributed by atoms with E-state index in [4.69, 9.17) is 10.5 Å². The fourth-order valence-electron chi connectivity index (χ4n) is 2.05. The van der Waals surface area contributed by atoms with E-state index in [1.165, 1.54) is 6.92 Å². The molecule has 0 spiro atoms. The van der Waals surface area contributed by atoms with Crippen LogP contribution in [0.3, 0.4) is 0 Å². The summed E-state index contributed by atoms with van der Waals surface area (Å²) in [6.07, 6.45) is 0. The smallest absolute Gasteiger partial charge is 0.253 e. The van der Waals surface area contributed by atoms with E-state index in [0.29, 0.717) is 5.56 Å². The Labute approximate surface area is 124 Å². The molecule has 1 atom stereocenters. The van der Waals surface area contributed by atoms with Crippen molar-refractivity contribution in [3.63, 3.8) is 0 Å². The molecule has 0 aliphatic carbocycles. The van der Waals surface area contributed by atoms with Crippen molar-refractivity contribution < 1.29 is 14.6 Å². The Bertz CT molecular complexity index is 633. The van der Waals surface area contributed by atoms with Gasteiger partial charge in [0.1, 0.15) is 12.4 Å². The minimum Gasteiger partial charge on any atom is -0.489 e. The van der Waals surface area contributed by atoms with Crippen molar-refractivity contribution in [2.24, 2.45) is 5.73 Å². The SMILES string of the molecule is Cc1ccc(OCc2ccccc2C(C)(O)C(N)=O)cc1. The zero-order valence-corrected chi connectivity index (χ0v) is 12.2. The van der Waals surface area contributed by atoms with E-state index in [0.717, 1.165) is 16.9 Å². The normalized spacial score (nSPS) is 13.5. The van der Waals surface area contributed by atoms with E-state index >= 15 is 0 Å². The van der Waals surface area contributed by atoms with Crippen LogP contribution in [-0.4, -0.2) is 11.0 Å². The second kappa shape index (κ2) is 5.97. The summed E-state index contributed by atoms with van der Waals surface area (Å²) in [7, 11) is 0. The van der Waals surface area contributed by atoms with Gasteiger partial charge in [0.2, 0.25) is 0 Å². The van der Waals surface area contributed by atoms with Gasteiger partial charge in [0.05, 0.1) is 0 Å². The summed E-state index contributed by atoms with van der Waals surface area (Å²) in [4.78, 5) is 11.4. The summed E-state index contributed by atoms with van der Waals surface area (Å²) in [5.41, 5.74) is 5.89. The van der Waals surface area contributed by atoms with E-state index in [1.807, 2.05) is 37.3 Å². The van der Waals surface area contributed by atoms with Gasteiger partial charge in [0.15, 0.2) is 5.60 Å². The number of hydrogen-bond donors (Lipinski definition) is 2. The molecule has 0 saturated heterocycles. The molecule has 1 unspecified atom stereocenters. The van der Waals surface area contributed by atoms with Crippen molar-refractivity contribution >= 4 is 5.91 Å². The molecular weight excluding hydrogens is 266 g/mol. The van der Waals surface area contributed by atoms with Crippen molar-refractivity contribution in [2.45, 2.75) is 26.1 Å². The third-order valence-electron chi connectivity index (χ3n) is 3.44. The standard InChI is InChI=1S/C17H19NO3/c1-12-7-9-14(10-8-12)21-11-13-5-3-4-6-15(13)17(2,20)16(18)19/h3-10,20H,11H2,1-2H3,(H2,18,19). The van der Waals surface area contributed by atoms with E-state index in [-0.39, 0.29) is 6.61 Å². The fourth-order valence-corrected chi connectivity index (χ4v) is 2.05. The van der Waals surface area contributed by atoms with Crippen LogP contribution in [0.2, 0.25) is 0 Å². The van der Waals surface area contributed by atoms with E-state index in [9.17, 15) is 9.90 Å². The second-order valence-electron chi connectivity index (χ2n) is 5.20. The molecule has 1 amide bonds. The van der Waals surface area contributed by atoms with E-state index in [2.05, 4.69) is 0 Å². The second-order valence-corrected chi connectivity index (χ2v) is 5.20. The summed E-state index contributed by atoms with van der Waals surface area (Å²) >= 11 is 0. The van der Waals surface area contributed by atoms with Crippen LogP contribution in [0, 0.1) is 6.92 Å². The van der Waals surface area contributed by atoms with Crippen LogP contribution >= 0.6 is 0 Å². The Balaban J connectivity index is 2.21. The monoisotopic (exact) mass is 285 g/mol. The number of carbonyl (C=O) groups is 1. The summed E-state index contributed by atoms with van der Waals surface area (Å²) in [5.74, 6) is -0.0561. The number of primary amides is 1. The molecule has 2 rings (SSSR count). The fraction of sp³-hybridized carbons (Fsp3) is 0.235. The number of aryl methyl sites for hydroxylation is 1. The maximum absolute atomic E-state index is 11.4. The van der Waals surface area contributed by atoms with Crippen LogP contribution in [0.5, 0.6) is 5.75 Å². The molecule has 3 N–H and O–H groups in total. The first-order valence-corrected chi connectivity index (χ1v) is 6.71. The van der Waals surface area contributed by atoms with Crippen LogP contribution in [0.4, 0.5) is 0 Å². The van der Waals surface area contributed by atoms with Crippen LogP contribution < -0.4 is 10.5 Å². The molecule has 2 aromatic carbocycles. The first-order valence-electron chi connectivity index (χ1n) is 6.71. The number of rotatable bonds is 5. The predicted octanol–water partition coefficient (Wildman–Crippen LogP) is 2.27. The number of nitrogens with two attached hydrogens (primary N) is 1. The average Bonchev–Trinajstić information content (AvgIpc) is 2.47. The van der Waals surface area contributed by atoms with Gasteiger partial charge in [-0.05, 0) is 37.1 Å². The molecule has 21 heavy (non-hydrogen) atoms. The van der Waals surface area contributed by atoms with Gasteiger partial charge in [-0.3, -0.25) is 4.79 Å². The van der Waals surface area contributed by atoms with Crippen molar-refractivity contribution in [1.82, 2.24) is 0 Å². The van der Waals surface area contributed by atoms with Crippen molar-refractivity contribution in [2.75, 3.05) is 0 Å². The molecule has 110 valence electrons. The maximum Gasteiger partial charge on any atom is 0.253 e. The van der Waals surface area contributed by atoms with Crippen LogP contribution in [0.1, 0.15) is 23.6 Å². The summed E-state index contributed by atoms with van der Waals surface area (Å²) in [5, 5.41) is 10.2. The molecule has 4 heteroatoms. The number of hydrogen-bond acceptors (Lipinski definition) is 3. The van der Waals surface area contributed by atoms with Gasteiger partial charge in [0.25, 0.3) is 5.91 Å². The number of ether oxygens (including phenoxy) is 1. The Hall–Kier alpha value is -2.33. The Morgan fingerprint density at radius 3 is 2.43 bits per heavy atom. The molecule has 0 aliphatic rings. The lowest BCUT2D eigenvalue weighted by Gasteiger charge is -2.23. The molecule has 0 bridgehead atoms. The van der Waals surface area contributed by atoms with Crippen LogP contribution in [0.15, 0.2) is 48.5 Å². The zero-order chi connectivity index (χ0) is 15.5. The molecule has 4 nitrogen and oxygen atoms in total. The van der Waals surface area contributed by atoms with Gasteiger partial charge < -0.3 is 15.6 Å². The van der Waals surface area contributed by atoms with Gasteiger partial charge in [0, 0.05) is 0 Å². The van der Waals surface area contributed by atoms with Gasteiger partial charge in [-0.1, -0.05) is 42.0 Å². The Morgan fingerprint density at radius 2 is 1.81 bits per heavy atom. The average molecular weight is 285 g/mol. The van der Waals surface area contributed by atoms with E-state index < -0.39 is 11.5 Å². The van der Waals surface area contributed by atoms with E-state index in [1.54, 1.807) is 18.2 Å². The molecule has 0 fully saturated rings. The summed E-state index contributed by atoms with van der Waals surface area (Å²) in [6, 6.07) is 14.7. The largest absolute Gasteiger partial charge is 0.489 e. The van der Waals surface area contributed by atoms with Crippen molar-refractivity contribution in [1.29, 1.82) is 0 Å². The Kier molecular flexibility index (Phi) is 4.29. The number of amides is 1. The Morgan fingerprint density at radius 1 is 1.19 bits per heavy atom. The molecule has 0 saturated carbocycles. The first-order chi connectivity index (χ1) is 9.91. The lowest BCUT2D eigenvalue weighted by molar-refractivity contribution is -0.135. The molecule has 2 aromatic rings. The quantitative estimate of drug-likeness (QED) is 0.885. The maximum atomic E-state index is 11.4.